The van der Waals surface area contributed by atoms with Crippen LogP contribution in [0.15, 0.2) is 29.1 Å². The van der Waals surface area contributed by atoms with Gasteiger partial charge in [0.05, 0.1) is 5.69 Å². The van der Waals surface area contributed by atoms with Crippen molar-refractivity contribution >= 4 is 5.78 Å². The molecule has 0 unspecified atom stereocenters. The molecular formula is C18H22N4O. The molecule has 0 aliphatic rings. The van der Waals surface area contributed by atoms with Crippen molar-refractivity contribution in [3.05, 3.63) is 62.8 Å². The van der Waals surface area contributed by atoms with Crippen LogP contribution in [0.1, 0.15) is 54.9 Å². The molecule has 23 heavy (non-hydrogen) atoms. The summed E-state index contributed by atoms with van der Waals surface area (Å²) >= 11 is 0. The average Bonchev–Trinajstić information content (AvgIpc) is 2.95. The van der Waals surface area contributed by atoms with Crippen LogP contribution in [0.5, 0.6) is 0 Å². The van der Waals surface area contributed by atoms with E-state index in [0.29, 0.717) is 23.7 Å². The molecule has 0 aliphatic heterocycles. The van der Waals surface area contributed by atoms with Crippen molar-refractivity contribution in [3.63, 3.8) is 0 Å². The van der Waals surface area contributed by atoms with Gasteiger partial charge in [0.2, 0.25) is 0 Å². The number of aromatic nitrogens is 4. The number of fused-ring (bicyclic) bond motifs is 1. The Morgan fingerprint density at radius 1 is 1.17 bits per heavy atom. The lowest BCUT2D eigenvalue weighted by atomic mass is 9.99. The molecule has 0 fully saturated rings. The summed E-state index contributed by atoms with van der Waals surface area (Å²) in [5, 5.41) is 3.02. The molecule has 0 saturated heterocycles. The Hall–Kier alpha value is -2.43. The van der Waals surface area contributed by atoms with E-state index in [9.17, 15) is 4.79 Å². The Morgan fingerprint density at radius 2 is 1.87 bits per heavy atom. The Kier molecular flexibility index (Phi) is 4.03. The van der Waals surface area contributed by atoms with Gasteiger partial charge in [-0.15, -0.1) is 0 Å². The summed E-state index contributed by atoms with van der Waals surface area (Å²) < 4.78 is 1.45. The summed E-state index contributed by atoms with van der Waals surface area (Å²) in [7, 11) is 0. The first kappa shape index (κ1) is 15.5. The van der Waals surface area contributed by atoms with E-state index in [1.807, 2.05) is 13.8 Å². The van der Waals surface area contributed by atoms with E-state index >= 15 is 0 Å². The lowest BCUT2D eigenvalue weighted by Crippen LogP contribution is -2.22. The first-order valence-electron chi connectivity index (χ1n) is 8.05. The number of hydrogen-bond donors (Lipinski definition) is 1. The molecule has 0 atom stereocenters. The van der Waals surface area contributed by atoms with Gasteiger partial charge in [-0.2, -0.15) is 9.50 Å². The number of nitrogens with zero attached hydrogens (tertiary/aromatic N) is 3. The standard InChI is InChI=1S/C18H22N4O/c1-5-16-20-18-19-12(4)15(17(23)22(18)21-16)10-13-6-8-14(9-7-13)11(2)3/h6-9,11H,5,10H2,1-4H3,(H,19,20,21). The van der Waals surface area contributed by atoms with Gasteiger partial charge in [-0.1, -0.05) is 45.0 Å². The highest BCUT2D eigenvalue weighted by molar-refractivity contribution is 5.35. The summed E-state index contributed by atoms with van der Waals surface area (Å²) in [6, 6.07) is 8.44. The molecule has 0 spiro atoms. The molecule has 2 aromatic heterocycles. The number of rotatable bonds is 4. The number of nitrogens with one attached hydrogen (secondary N) is 1. The van der Waals surface area contributed by atoms with Crippen molar-refractivity contribution in [1.29, 1.82) is 0 Å². The van der Waals surface area contributed by atoms with Gasteiger partial charge in [-0.25, -0.2) is 4.98 Å². The predicted molar refractivity (Wildman–Crippen MR) is 91.1 cm³/mol. The van der Waals surface area contributed by atoms with Crippen LogP contribution in [0.25, 0.3) is 5.78 Å². The van der Waals surface area contributed by atoms with Gasteiger partial charge >= 0.3 is 0 Å². The van der Waals surface area contributed by atoms with Crippen molar-refractivity contribution in [2.75, 3.05) is 0 Å². The molecule has 0 aliphatic carbocycles. The smallest absolute Gasteiger partial charge is 0.275 e. The second-order valence-corrected chi connectivity index (χ2v) is 6.21. The topological polar surface area (TPSA) is 63.1 Å². The number of aromatic amines is 1. The molecule has 0 saturated carbocycles. The van der Waals surface area contributed by atoms with Crippen molar-refractivity contribution in [2.45, 2.75) is 46.5 Å². The highest BCUT2D eigenvalue weighted by Gasteiger charge is 2.13. The number of H-pyrrole nitrogens is 1. The quantitative estimate of drug-likeness (QED) is 0.805. The number of benzene rings is 1. The van der Waals surface area contributed by atoms with Gasteiger partial charge in [-0.05, 0) is 24.0 Å². The second-order valence-electron chi connectivity index (χ2n) is 6.21. The maximum Gasteiger partial charge on any atom is 0.277 e. The zero-order valence-electron chi connectivity index (χ0n) is 14.1. The molecule has 5 heteroatoms. The summed E-state index contributed by atoms with van der Waals surface area (Å²) in [6.07, 6.45) is 1.33. The van der Waals surface area contributed by atoms with Crippen molar-refractivity contribution in [1.82, 2.24) is 19.6 Å². The highest BCUT2D eigenvalue weighted by atomic mass is 16.1. The summed E-state index contributed by atoms with van der Waals surface area (Å²) in [5.74, 6) is 1.72. The molecule has 0 bridgehead atoms. The van der Waals surface area contributed by atoms with E-state index in [0.717, 1.165) is 23.5 Å². The van der Waals surface area contributed by atoms with Crippen LogP contribution in [-0.4, -0.2) is 19.6 Å². The molecule has 2 heterocycles. The summed E-state index contributed by atoms with van der Waals surface area (Å²) in [6.45, 7) is 8.21. The maximum absolute atomic E-state index is 12.7. The lowest BCUT2D eigenvalue weighted by Gasteiger charge is -2.08. The van der Waals surface area contributed by atoms with E-state index in [-0.39, 0.29) is 5.56 Å². The van der Waals surface area contributed by atoms with Gasteiger partial charge in [0.15, 0.2) is 0 Å². The monoisotopic (exact) mass is 310 g/mol. The Balaban J connectivity index is 2.00. The van der Waals surface area contributed by atoms with Gasteiger partial charge in [-0.3, -0.25) is 9.89 Å². The second kappa shape index (κ2) is 5.99. The first-order chi connectivity index (χ1) is 11.0. The van der Waals surface area contributed by atoms with Gasteiger partial charge < -0.3 is 0 Å². The first-order valence-corrected chi connectivity index (χ1v) is 8.05. The minimum absolute atomic E-state index is 0.0624. The van der Waals surface area contributed by atoms with Crippen LogP contribution in [0, 0.1) is 6.92 Å². The van der Waals surface area contributed by atoms with Crippen molar-refractivity contribution in [3.8, 4) is 0 Å². The third-order valence-electron chi connectivity index (χ3n) is 4.20. The SMILES string of the molecule is CCc1nc2nc(C)c(Cc3ccc(C(C)C)cc3)c(=O)n2[nH]1. The van der Waals surface area contributed by atoms with Crippen molar-refractivity contribution in [2.24, 2.45) is 0 Å². The fraction of sp³-hybridized carbons (Fsp3) is 0.389. The molecule has 0 amide bonds. The zero-order chi connectivity index (χ0) is 16.6. The van der Waals surface area contributed by atoms with Gasteiger partial charge in [0.25, 0.3) is 11.3 Å². The maximum atomic E-state index is 12.7. The van der Waals surface area contributed by atoms with E-state index in [1.54, 1.807) is 0 Å². The van der Waals surface area contributed by atoms with Gasteiger partial charge in [0, 0.05) is 18.4 Å². The fourth-order valence-electron chi connectivity index (χ4n) is 2.68. The van der Waals surface area contributed by atoms with Crippen LogP contribution >= 0.6 is 0 Å². The lowest BCUT2D eigenvalue weighted by molar-refractivity contribution is 0.829. The van der Waals surface area contributed by atoms with Crippen LogP contribution in [-0.2, 0) is 12.8 Å². The molecular weight excluding hydrogens is 288 g/mol. The summed E-state index contributed by atoms with van der Waals surface area (Å²) in [4.78, 5) is 21.5. The fourth-order valence-corrected chi connectivity index (χ4v) is 2.68. The minimum atomic E-state index is -0.0624. The normalized spacial score (nSPS) is 11.5. The predicted octanol–water partition coefficient (Wildman–Crippen LogP) is 3.00. The highest BCUT2D eigenvalue weighted by Crippen LogP contribution is 2.16. The largest absolute Gasteiger partial charge is 0.277 e. The summed E-state index contributed by atoms with van der Waals surface area (Å²) in [5.41, 5.74) is 3.82. The van der Waals surface area contributed by atoms with Crippen molar-refractivity contribution < 1.29 is 0 Å². The molecule has 120 valence electrons. The Labute approximate surface area is 135 Å². The van der Waals surface area contributed by atoms with Gasteiger partial charge in [0.1, 0.15) is 5.82 Å². The van der Waals surface area contributed by atoms with Crippen LogP contribution in [0.3, 0.4) is 0 Å². The molecule has 1 aromatic carbocycles. The minimum Gasteiger partial charge on any atom is -0.275 e. The number of hydrogen-bond acceptors (Lipinski definition) is 3. The molecule has 0 radical (unpaired) electrons. The van der Waals surface area contributed by atoms with Crippen LogP contribution in [0.4, 0.5) is 0 Å². The van der Waals surface area contributed by atoms with E-state index in [4.69, 9.17) is 0 Å². The molecule has 1 N–H and O–H groups in total. The molecule has 3 aromatic rings. The Bertz CT molecular complexity index is 888. The third-order valence-corrected chi connectivity index (χ3v) is 4.20. The molecule has 3 rings (SSSR count). The van der Waals surface area contributed by atoms with E-state index in [2.05, 4.69) is 53.2 Å². The zero-order valence-corrected chi connectivity index (χ0v) is 14.1. The average molecular weight is 310 g/mol. The van der Waals surface area contributed by atoms with E-state index < -0.39 is 0 Å². The van der Waals surface area contributed by atoms with E-state index in [1.165, 1.54) is 10.1 Å². The van der Waals surface area contributed by atoms with Crippen LogP contribution in [0.2, 0.25) is 0 Å². The van der Waals surface area contributed by atoms with Crippen LogP contribution < -0.4 is 5.56 Å². The number of aryl methyl sites for hydroxylation is 2. The molecule has 5 nitrogen and oxygen atoms in total. The third kappa shape index (κ3) is 2.91. The Morgan fingerprint density at radius 3 is 2.48 bits per heavy atom.